The molecule has 0 aromatic rings. The van der Waals surface area contributed by atoms with E-state index in [1.807, 2.05) is 20.8 Å². The second kappa shape index (κ2) is 18.5. The smallest absolute Gasteiger partial charge is 0.460 e. The number of carbonyl (C=O) groups excluding carboxylic acids is 2. The standard InChI is InChI=1S/C9H18O4.C7H18O3Si.C5H11NO/c1-4-9(2,3)13-8(12)5-7(11)6-10;1-6-7(2)11(8-3,9-4)10-5;1-3-4(2)5(6)7/h7,10-11H,4-6H2,1-3H3;7H,6H2,1-5H3;4H,3H2,1-2H3,(H2,6,7). The van der Waals surface area contributed by atoms with E-state index in [1.54, 1.807) is 35.2 Å². The van der Waals surface area contributed by atoms with Crippen molar-refractivity contribution >= 4 is 20.7 Å². The monoisotopic (exact) mass is 469 g/mol. The average Bonchev–Trinajstić information content (AvgIpc) is 2.74. The first-order chi connectivity index (χ1) is 14.3. The Morgan fingerprint density at radius 2 is 1.45 bits per heavy atom. The summed E-state index contributed by atoms with van der Waals surface area (Å²) in [4.78, 5) is 21.2. The molecule has 1 amide bonds. The number of carbonyl (C=O) groups is 2. The van der Waals surface area contributed by atoms with Crippen molar-refractivity contribution < 1.29 is 37.8 Å². The van der Waals surface area contributed by atoms with Gasteiger partial charge >= 0.3 is 14.8 Å². The van der Waals surface area contributed by atoms with Gasteiger partial charge in [0.25, 0.3) is 0 Å². The van der Waals surface area contributed by atoms with E-state index >= 15 is 0 Å². The molecule has 3 unspecified atom stereocenters. The Hall–Kier alpha value is -1.04. The number of hydrogen-bond acceptors (Lipinski definition) is 8. The van der Waals surface area contributed by atoms with E-state index < -0.39 is 33.1 Å². The molecule has 31 heavy (non-hydrogen) atoms. The average molecular weight is 470 g/mol. The number of primary amides is 1. The van der Waals surface area contributed by atoms with Crippen LogP contribution in [0, 0.1) is 5.92 Å². The van der Waals surface area contributed by atoms with Gasteiger partial charge in [-0.1, -0.05) is 34.6 Å². The van der Waals surface area contributed by atoms with Crippen LogP contribution in [0.25, 0.3) is 0 Å². The normalized spacial score (nSPS) is 14.2. The summed E-state index contributed by atoms with van der Waals surface area (Å²) >= 11 is 0. The van der Waals surface area contributed by atoms with Crippen LogP contribution in [0.5, 0.6) is 0 Å². The Morgan fingerprint density at radius 1 is 1.00 bits per heavy atom. The minimum atomic E-state index is -2.32. The molecule has 0 fully saturated rings. The maximum atomic E-state index is 11.1. The van der Waals surface area contributed by atoms with Crippen molar-refractivity contribution in [2.75, 3.05) is 27.9 Å². The van der Waals surface area contributed by atoms with Crippen molar-refractivity contribution in [1.82, 2.24) is 0 Å². The molecule has 0 heterocycles. The third kappa shape index (κ3) is 16.3. The van der Waals surface area contributed by atoms with Crippen LogP contribution in [0.1, 0.15) is 74.1 Å². The van der Waals surface area contributed by atoms with Gasteiger partial charge in [-0.3, -0.25) is 9.59 Å². The molecule has 0 aromatic carbocycles. The minimum Gasteiger partial charge on any atom is -0.460 e. The Labute approximate surface area is 190 Å². The molecule has 0 aromatic heterocycles. The van der Waals surface area contributed by atoms with Gasteiger partial charge in [0.15, 0.2) is 0 Å². The summed E-state index contributed by atoms with van der Waals surface area (Å²) in [5.74, 6) is -0.643. The molecule has 9 nitrogen and oxygen atoms in total. The molecule has 0 saturated carbocycles. The number of aliphatic hydroxyl groups excluding tert-OH is 2. The number of nitrogens with two attached hydrogens (primary N) is 1. The third-order valence-corrected chi connectivity index (χ3v) is 8.34. The van der Waals surface area contributed by atoms with Crippen LogP contribution in [0.15, 0.2) is 0 Å². The summed E-state index contributed by atoms with van der Waals surface area (Å²) in [6.07, 6.45) is 1.41. The van der Waals surface area contributed by atoms with Crippen molar-refractivity contribution in [3.8, 4) is 0 Å². The third-order valence-electron chi connectivity index (χ3n) is 5.02. The highest BCUT2D eigenvalue weighted by Gasteiger charge is 2.43. The van der Waals surface area contributed by atoms with E-state index in [0.717, 1.165) is 12.8 Å². The minimum absolute atomic E-state index is 0.0417. The van der Waals surface area contributed by atoms with E-state index in [2.05, 4.69) is 13.8 Å². The van der Waals surface area contributed by atoms with Crippen molar-refractivity contribution in [1.29, 1.82) is 0 Å². The number of hydrogen-bond donors (Lipinski definition) is 3. The van der Waals surface area contributed by atoms with Gasteiger partial charge in [0.1, 0.15) is 5.60 Å². The summed E-state index contributed by atoms with van der Waals surface area (Å²) in [5, 5.41) is 17.4. The lowest BCUT2D eigenvalue weighted by atomic mass is 10.1. The highest BCUT2D eigenvalue weighted by molar-refractivity contribution is 6.62. The lowest BCUT2D eigenvalue weighted by molar-refractivity contribution is -0.159. The molecular weight excluding hydrogens is 422 g/mol. The van der Waals surface area contributed by atoms with Gasteiger partial charge in [0, 0.05) is 32.8 Å². The van der Waals surface area contributed by atoms with Gasteiger partial charge in [-0.15, -0.1) is 0 Å². The lowest BCUT2D eigenvalue weighted by Crippen LogP contribution is -2.46. The van der Waals surface area contributed by atoms with E-state index in [4.69, 9.17) is 34.0 Å². The maximum absolute atomic E-state index is 11.1. The molecule has 3 atom stereocenters. The Morgan fingerprint density at radius 3 is 1.65 bits per heavy atom. The molecule has 188 valence electrons. The summed E-state index contributed by atoms with van der Waals surface area (Å²) in [5.41, 5.74) is 4.78. The summed E-state index contributed by atoms with van der Waals surface area (Å²) < 4.78 is 20.9. The fourth-order valence-corrected chi connectivity index (χ4v) is 4.19. The fourth-order valence-electron chi connectivity index (χ4n) is 1.98. The van der Waals surface area contributed by atoms with Gasteiger partial charge in [-0.2, -0.15) is 0 Å². The summed E-state index contributed by atoms with van der Waals surface area (Å²) in [7, 11) is 2.61. The number of aliphatic hydroxyl groups is 2. The van der Waals surface area contributed by atoms with E-state index in [0.29, 0.717) is 12.0 Å². The topological polar surface area (TPSA) is 138 Å². The van der Waals surface area contributed by atoms with Crippen LogP contribution in [-0.4, -0.2) is 70.5 Å². The molecule has 0 radical (unpaired) electrons. The van der Waals surface area contributed by atoms with Crippen LogP contribution in [0.4, 0.5) is 0 Å². The first kappa shape index (κ1) is 34.6. The zero-order valence-electron chi connectivity index (χ0n) is 21.2. The molecule has 0 bridgehead atoms. The highest BCUT2D eigenvalue weighted by Crippen LogP contribution is 2.25. The molecule has 0 aliphatic carbocycles. The molecular formula is C21H47NO8Si. The quantitative estimate of drug-likeness (QED) is 0.293. The van der Waals surface area contributed by atoms with Crippen molar-refractivity contribution in [2.24, 2.45) is 11.7 Å². The van der Waals surface area contributed by atoms with Gasteiger partial charge < -0.3 is 34.0 Å². The van der Waals surface area contributed by atoms with E-state index in [1.165, 1.54) is 0 Å². The number of rotatable bonds is 12. The van der Waals surface area contributed by atoms with E-state index in [9.17, 15) is 9.59 Å². The Bertz CT molecular complexity index is 464. The number of esters is 1. The second-order valence-corrected chi connectivity index (χ2v) is 11.3. The molecule has 0 saturated heterocycles. The van der Waals surface area contributed by atoms with E-state index in [-0.39, 0.29) is 18.2 Å². The molecule has 0 aliphatic rings. The predicted molar refractivity (Wildman–Crippen MR) is 123 cm³/mol. The highest BCUT2D eigenvalue weighted by atomic mass is 28.4. The van der Waals surface area contributed by atoms with Crippen LogP contribution in [-0.2, 0) is 27.6 Å². The Kier molecular flexibility index (Phi) is 20.7. The first-order valence-corrected chi connectivity index (χ1v) is 12.5. The molecule has 4 N–H and O–H groups in total. The van der Waals surface area contributed by atoms with Gasteiger partial charge in [-0.25, -0.2) is 0 Å². The van der Waals surface area contributed by atoms with Gasteiger partial charge in [0.05, 0.1) is 19.1 Å². The van der Waals surface area contributed by atoms with Crippen LogP contribution in [0.3, 0.4) is 0 Å². The van der Waals surface area contributed by atoms with Crippen LogP contribution < -0.4 is 5.73 Å². The molecule has 10 heteroatoms. The fraction of sp³-hybridized carbons (Fsp3) is 0.905. The number of ether oxygens (including phenoxy) is 1. The second-order valence-electron chi connectivity index (χ2n) is 7.86. The van der Waals surface area contributed by atoms with Crippen molar-refractivity contribution in [2.45, 2.75) is 91.4 Å². The number of amides is 1. The zero-order chi connectivity index (χ0) is 25.3. The first-order valence-electron chi connectivity index (χ1n) is 10.7. The largest absolute Gasteiger partial charge is 0.503 e. The molecule has 0 spiro atoms. The maximum Gasteiger partial charge on any atom is 0.503 e. The molecule has 0 aliphatic heterocycles. The van der Waals surface area contributed by atoms with Gasteiger partial charge in [-0.05, 0) is 33.1 Å². The summed E-state index contributed by atoms with van der Waals surface area (Å²) in [6.45, 7) is 13.0. The van der Waals surface area contributed by atoms with Crippen LogP contribution >= 0.6 is 0 Å². The van der Waals surface area contributed by atoms with Crippen molar-refractivity contribution in [3.05, 3.63) is 0 Å². The SMILES string of the molecule is CCC(C)(C)OC(=O)CC(O)CO.CCC(C)C(N)=O.CCC(C)[Si](OC)(OC)OC. The van der Waals surface area contributed by atoms with Crippen molar-refractivity contribution in [3.63, 3.8) is 0 Å². The molecule has 0 rings (SSSR count). The Balaban J connectivity index is -0.000000397. The zero-order valence-corrected chi connectivity index (χ0v) is 22.2. The van der Waals surface area contributed by atoms with Gasteiger partial charge in [0.2, 0.25) is 5.91 Å². The predicted octanol–water partition coefficient (Wildman–Crippen LogP) is 2.64. The lowest BCUT2D eigenvalue weighted by Gasteiger charge is -2.29. The van der Waals surface area contributed by atoms with Crippen LogP contribution in [0.2, 0.25) is 5.54 Å². The summed E-state index contributed by atoms with van der Waals surface area (Å²) in [6, 6.07) is 0.